The van der Waals surface area contributed by atoms with Crippen molar-refractivity contribution < 1.29 is 14.6 Å². The summed E-state index contributed by atoms with van der Waals surface area (Å²) in [5, 5.41) is 14.7. The zero-order valence-corrected chi connectivity index (χ0v) is 19.8. The first-order valence-corrected chi connectivity index (χ1v) is 11.8. The van der Waals surface area contributed by atoms with Gasteiger partial charge in [0, 0.05) is 17.5 Å². The van der Waals surface area contributed by atoms with E-state index in [1.54, 1.807) is 31.2 Å². The molecule has 6 heteroatoms. The van der Waals surface area contributed by atoms with Gasteiger partial charge >= 0.3 is 5.97 Å². The van der Waals surface area contributed by atoms with E-state index in [1.807, 2.05) is 24.3 Å². The second kappa shape index (κ2) is 11.0. The molecule has 0 aliphatic heterocycles. The fourth-order valence-electron chi connectivity index (χ4n) is 4.11. The number of aryl methyl sites for hydroxylation is 1. The van der Waals surface area contributed by atoms with Crippen LogP contribution in [0, 0.1) is 0 Å². The van der Waals surface area contributed by atoms with Crippen LogP contribution in [-0.4, -0.2) is 23.9 Å². The number of fused-ring (bicyclic) bond motifs is 1. The van der Waals surface area contributed by atoms with Crippen LogP contribution in [0.4, 0.5) is 11.4 Å². The number of aliphatic hydroxyl groups is 1. The molecule has 0 heterocycles. The molecule has 0 spiro atoms. The molecule has 1 unspecified atom stereocenters. The summed E-state index contributed by atoms with van der Waals surface area (Å²) >= 11 is 6.19. The Labute approximate surface area is 204 Å². The van der Waals surface area contributed by atoms with E-state index in [0.29, 0.717) is 16.3 Å². The average molecular weight is 475 g/mol. The van der Waals surface area contributed by atoms with E-state index >= 15 is 0 Å². The standard InChI is InChI=1S/C28H27ClN2O3/c1-2-34-28(33)24(27(32)23-11-5-6-12-25(23)29)18-30-20-14-16-21(17-15-20)31-26-13-7-9-19-8-3-4-10-22(19)26/h3-6,8,10-12,14-18,26,31-32H,2,7,9,13H2,1H3/b27-24+,30-18?. The maximum atomic E-state index is 12.5. The molecule has 1 aliphatic carbocycles. The van der Waals surface area contributed by atoms with E-state index in [1.165, 1.54) is 17.3 Å². The molecule has 3 aromatic carbocycles. The summed E-state index contributed by atoms with van der Waals surface area (Å²) in [6.45, 7) is 1.88. The van der Waals surface area contributed by atoms with Crippen LogP contribution in [0.25, 0.3) is 5.76 Å². The number of carbonyl (C=O) groups excluding carboxylic acids is 1. The number of rotatable bonds is 7. The second-order valence-corrected chi connectivity index (χ2v) is 8.46. The van der Waals surface area contributed by atoms with Crippen LogP contribution >= 0.6 is 11.6 Å². The third-order valence-electron chi connectivity index (χ3n) is 5.80. The van der Waals surface area contributed by atoms with Gasteiger partial charge in [0.25, 0.3) is 0 Å². The van der Waals surface area contributed by atoms with Gasteiger partial charge in [-0.25, -0.2) is 4.79 Å². The molecule has 3 aromatic rings. The van der Waals surface area contributed by atoms with Crippen molar-refractivity contribution in [3.63, 3.8) is 0 Å². The van der Waals surface area contributed by atoms with Crippen molar-refractivity contribution in [2.24, 2.45) is 4.99 Å². The molecule has 1 atom stereocenters. The van der Waals surface area contributed by atoms with E-state index < -0.39 is 5.97 Å². The monoisotopic (exact) mass is 474 g/mol. The van der Waals surface area contributed by atoms with Gasteiger partial charge in [-0.15, -0.1) is 0 Å². The Kier molecular flexibility index (Phi) is 7.65. The van der Waals surface area contributed by atoms with Crippen LogP contribution in [0.15, 0.2) is 83.4 Å². The Morgan fingerprint density at radius 1 is 1.12 bits per heavy atom. The van der Waals surface area contributed by atoms with E-state index in [-0.39, 0.29) is 24.0 Å². The number of anilines is 1. The van der Waals surface area contributed by atoms with Crippen molar-refractivity contribution in [2.45, 2.75) is 32.2 Å². The fourth-order valence-corrected chi connectivity index (χ4v) is 4.33. The molecule has 0 bridgehead atoms. The van der Waals surface area contributed by atoms with Crippen molar-refractivity contribution in [1.82, 2.24) is 0 Å². The number of carbonyl (C=O) groups is 1. The summed E-state index contributed by atoms with van der Waals surface area (Å²) < 4.78 is 5.11. The number of aliphatic hydroxyl groups excluding tert-OH is 1. The lowest BCUT2D eigenvalue weighted by atomic mass is 9.87. The van der Waals surface area contributed by atoms with Crippen LogP contribution < -0.4 is 5.32 Å². The van der Waals surface area contributed by atoms with Gasteiger partial charge in [0.1, 0.15) is 11.3 Å². The van der Waals surface area contributed by atoms with Crippen molar-refractivity contribution in [2.75, 3.05) is 11.9 Å². The largest absolute Gasteiger partial charge is 0.506 e. The highest BCUT2D eigenvalue weighted by atomic mass is 35.5. The van der Waals surface area contributed by atoms with E-state index in [2.05, 4.69) is 34.6 Å². The first-order valence-electron chi connectivity index (χ1n) is 11.4. The Morgan fingerprint density at radius 2 is 1.85 bits per heavy atom. The number of halogens is 1. The zero-order valence-electron chi connectivity index (χ0n) is 19.0. The van der Waals surface area contributed by atoms with Gasteiger partial charge in [-0.05, 0) is 73.7 Å². The normalized spacial score (nSPS) is 16.0. The van der Waals surface area contributed by atoms with Gasteiger partial charge in [-0.2, -0.15) is 0 Å². The first kappa shape index (κ1) is 23.6. The molecule has 4 rings (SSSR count). The Morgan fingerprint density at radius 3 is 2.62 bits per heavy atom. The lowest BCUT2D eigenvalue weighted by molar-refractivity contribution is -0.137. The van der Waals surface area contributed by atoms with Crippen molar-refractivity contribution in [3.05, 3.63) is 100 Å². The van der Waals surface area contributed by atoms with E-state index in [0.717, 1.165) is 24.9 Å². The Bertz CT molecular complexity index is 1220. The molecule has 34 heavy (non-hydrogen) atoms. The number of ether oxygens (including phenoxy) is 1. The minimum absolute atomic E-state index is 0.0593. The first-order chi connectivity index (χ1) is 16.6. The lowest BCUT2D eigenvalue weighted by Gasteiger charge is -2.27. The molecule has 0 radical (unpaired) electrons. The van der Waals surface area contributed by atoms with Crippen LogP contribution in [0.3, 0.4) is 0 Å². The molecule has 1 aliphatic rings. The number of nitrogens with zero attached hydrogens (tertiary/aromatic N) is 1. The zero-order chi connectivity index (χ0) is 23.9. The van der Waals surface area contributed by atoms with Crippen LogP contribution in [0.5, 0.6) is 0 Å². The third kappa shape index (κ3) is 5.49. The molecular weight excluding hydrogens is 448 g/mol. The predicted molar refractivity (Wildman–Crippen MR) is 138 cm³/mol. The quantitative estimate of drug-likeness (QED) is 0.166. The molecular formula is C28H27ClN2O3. The topological polar surface area (TPSA) is 70.9 Å². The summed E-state index contributed by atoms with van der Waals surface area (Å²) in [5.41, 5.74) is 4.69. The maximum absolute atomic E-state index is 12.5. The number of esters is 1. The van der Waals surface area contributed by atoms with Gasteiger partial charge in [-0.3, -0.25) is 4.99 Å². The van der Waals surface area contributed by atoms with E-state index in [9.17, 15) is 9.90 Å². The number of nitrogens with one attached hydrogen (secondary N) is 1. The van der Waals surface area contributed by atoms with Gasteiger partial charge in [-0.1, -0.05) is 48.0 Å². The molecule has 0 saturated carbocycles. The summed E-state index contributed by atoms with van der Waals surface area (Å²) in [7, 11) is 0. The van der Waals surface area contributed by atoms with Crippen LogP contribution in [0.1, 0.15) is 42.5 Å². The highest BCUT2D eigenvalue weighted by Crippen LogP contribution is 2.33. The molecule has 0 aromatic heterocycles. The molecule has 0 amide bonds. The number of aliphatic imine (C=N–C) groups is 1. The smallest absolute Gasteiger partial charge is 0.343 e. The minimum atomic E-state index is -0.669. The second-order valence-electron chi connectivity index (χ2n) is 8.06. The molecule has 0 fully saturated rings. The summed E-state index contributed by atoms with van der Waals surface area (Å²) in [5.74, 6) is -0.944. The SMILES string of the molecule is CCOC(=O)/C(C=Nc1ccc(NC2CCCc3ccccc32)cc1)=C(/O)c1ccccc1Cl. The Balaban J connectivity index is 1.53. The highest BCUT2D eigenvalue weighted by molar-refractivity contribution is 6.32. The Hall–Kier alpha value is -3.57. The van der Waals surface area contributed by atoms with E-state index in [4.69, 9.17) is 16.3 Å². The molecule has 0 saturated heterocycles. The number of hydrogen-bond donors (Lipinski definition) is 2. The molecule has 2 N–H and O–H groups in total. The van der Waals surface area contributed by atoms with Crippen molar-refractivity contribution in [1.29, 1.82) is 0 Å². The molecule has 174 valence electrons. The number of hydrogen-bond acceptors (Lipinski definition) is 5. The van der Waals surface area contributed by atoms with Crippen molar-refractivity contribution >= 4 is 40.9 Å². The van der Waals surface area contributed by atoms with Gasteiger partial charge in [0.2, 0.25) is 0 Å². The number of benzene rings is 3. The molecule has 5 nitrogen and oxygen atoms in total. The summed E-state index contributed by atoms with van der Waals surface area (Å²) in [4.78, 5) is 16.9. The summed E-state index contributed by atoms with van der Waals surface area (Å²) in [6, 6.07) is 23.3. The third-order valence-corrected chi connectivity index (χ3v) is 6.13. The fraction of sp³-hybridized carbons (Fsp3) is 0.214. The maximum Gasteiger partial charge on any atom is 0.343 e. The summed E-state index contributed by atoms with van der Waals surface area (Å²) in [6.07, 6.45) is 4.69. The van der Waals surface area contributed by atoms with Gasteiger partial charge in [0.15, 0.2) is 0 Å². The van der Waals surface area contributed by atoms with Gasteiger partial charge in [0.05, 0.1) is 23.4 Å². The van der Waals surface area contributed by atoms with Crippen molar-refractivity contribution in [3.8, 4) is 0 Å². The van der Waals surface area contributed by atoms with Crippen LogP contribution in [0.2, 0.25) is 5.02 Å². The van der Waals surface area contributed by atoms with Crippen LogP contribution in [-0.2, 0) is 16.0 Å². The highest BCUT2D eigenvalue weighted by Gasteiger charge is 2.20. The predicted octanol–water partition coefficient (Wildman–Crippen LogP) is 7.06. The van der Waals surface area contributed by atoms with Gasteiger partial charge < -0.3 is 15.2 Å². The minimum Gasteiger partial charge on any atom is -0.506 e. The lowest BCUT2D eigenvalue weighted by Crippen LogP contribution is -2.17. The average Bonchev–Trinajstić information content (AvgIpc) is 2.86.